The van der Waals surface area contributed by atoms with E-state index in [0.29, 0.717) is 38.8 Å². The van der Waals surface area contributed by atoms with Gasteiger partial charge >= 0.3 is 12.1 Å². The fourth-order valence-electron chi connectivity index (χ4n) is 7.31. The molecule has 3 aliphatic heterocycles. The molecule has 4 heterocycles. The molecule has 0 spiro atoms. The number of amides is 1. The topological polar surface area (TPSA) is 107 Å². The third-order valence-corrected chi connectivity index (χ3v) is 9.81. The molecule has 0 saturated carbocycles. The third kappa shape index (κ3) is 6.87. The van der Waals surface area contributed by atoms with Gasteiger partial charge in [-0.05, 0) is 50.1 Å². The summed E-state index contributed by atoms with van der Waals surface area (Å²) < 4.78 is 12.0. The minimum Gasteiger partial charge on any atom is -0.462 e. The van der Waals surface area contributed by atoms with Crippen LogP contribution in [0.3, 0.4) is 0 Å². The molecule has 3 aromatic carbocycles. The molecule has 2 saturated heterocycles. The highest BCUT2D eigenvalue weighted by molar-refractivity contribution is 5.94. The SMILES string of the molecule is CC1(C)CC[C@@H](COc2nc3c(c(N4CCN(C(=O)OCc5ccccc5)C(CC#N)C4)n2)CCN(c2cccc4ccccc24)C3)N1. The van der Waals surface area contributed by atoms with E-state index in [0.717, 1.165) is 48.4 Å². The number of hydrogen-bond donors (Lipinski definition) is 1. The van der Waals surface area contributed by atoms with Gasteiger partial charge in [0.2, 0.25) is 0 Å². The van der Waals surface area contributed by atoms with Gasteiger partial charge in [0, 0.05) is 54.4 Å². The molecular formula is C38H43N7O3. The lowest BCUT2D eigenvalue weighted by Gasteiger charge is -2.42. The summed E-state index contributed by atoms with van der Waals surface area (Å²) in [5.74, 6) is 0.840. The molecule has 10 nitrogen and oxygen atoms in total. The molecule has 0 radical (unpaired) electrons. The fourth-order valence-corrected chi connectivity index (χ4v) is 7.31. The monoisotopic (exact) mass is 645 g/mol. The van der Waals surface area contributed by atoms with Crippen LogP contribution in [0.15, 0.2) is 72.8 Å². The maximum Gasteiger partial charge on any atom is 0.410 e. The average molecular weight is 646 g/mol. The van der Waals surface area contributed by atoms with Crippen LogP contribution in [0.1, 0.15) is 49.9 Å². The van der Waals surface area contributed by atoms with Crippen LogP contribution in [-0.2, 0) is 24.3 Å². The van der Waals surface area contributed by atoms with Crippen molar-refractivity contribution in [3.63, 3.8) is 0 Å². The number of carbonyl (C=O) groups excluding carboxylic acids is 1. The molecule has 1 unspecified atom stereocenters. The van der Waals surface area contributed by atoms with Crippen molar-refractivity contribution in [1.29, 1.82) is 5.26 Å². The Balaban J connectivity index is 1.14. The van der Waals surface area contributed by atoms with E-state index in [-0.39, 0.29) is 30.7 Å². The van der Waals surface area contributed by atoms with Crippen molar-refractivity contribution in [3.8, 4) is 12.1 Å². The van der Waals surface area contributed by atoms with Gasteiger partial charge in [-0.3, -0.25) is 0 Å². The molecule has 10 heteroatoms. The summed E-state index contributed by atoms with van der Waals surface area (Å²) in [6.45, 7) is 8.06. The lowest BCUT2D eigenvalue weighted by Crippen LogP contribution is -2.55. The molecule has 2 fully saturated rings. The summed E-state index contributed by atoms with van der Waals surface area (Å²) in [6, 6.07) is 27.1. The Hall–Kier alpha value is -4.88. The molecule has 7 rings (SSSR count). The van der Waals surface area contributed by atoms with Crippen molar-refractivity contribution in [1.82, 2.24) is 20.2 Å². The average Bonchev–Trinajstić information content (AvgIpc) is 3.47. The highest BCUT2D eigenvalue weighted by atomic mass is 16.6. The largest absolute Gasteiger partial charge is 0.462 e. The second kappa shape index (κ2) is 13.7. The minimum absolute atomic E-state index is 0.0898. The van der Waals surface area contributed by atoms with Crippen molar-refractivity contribution in [2.45, 2.75) is 70.3 Å². The van der Waals surface area contributed by atoms with Crippen molar-refractivity contribution in [2.75, 3.05) is 42.6 Å². The molecule has 248 valence electrons. The van der Waals surface area contributed by atoms with Gasteiger partial charge in [-0.25, -0.2) is 4.79 Å². The van der Waals surface area contributed by atoms with Crippen LogP contribution >= 0.6 is 0 Å². The first kappa shape index (κ1) is 31.7. The number of hydrogen-bond acceptors (Lipinski definition) is 9. The highest BCUT2D eigenvalue weighted by Crippen LogP contribution is 2.35. The van der Waals surface area contributed by atoms with Crippen LogP contribution in [0.4, 0.5) is 16.3 Å². The summed E-state index contributed by atoms with van der Waals surface area (Å²) in [4.78, 5) is 29.6. The Morgan fingerprint density at radius 1 is 1.00 bits per heavy atom. The van der Waals surface area contributed by atoms with Crippen molar-refractivity contribution in [3.05, 3.63) is 89.6 Å². The van der Waals surface area contributed by atoms with Crippen LogP contribution in [0.25, 0.3) is 10.8 Å². The van der Waals surface area contributed by atoms with Crippen LogP contribution in [0, 0.1) is 11.3 Å². The van der Waals surface area contributed by atoms with Gasteiger partial charge < -0.3 is 29.5 Å². The normalized spacial score (nSPS) is 20.3. The molecule has 1 N–H and O–H groups in total. The fraction of sp³-hybridized carbons (Fsp3) is 0.421. The van der Waals surface area contributed by atoms with E-state index in [1.807, 2.05) is 30.3 Å². The van der Waals surface area contributed by atoms with Gasteiger partial charge in [0.15, 0.2) is 0 Å². The number of fused-ring (bicyclic) bond motifs is 2. The maximum absolute atomic E-state index is 13.2. The number of anilines is 2. The first-order valence-corrected chi connectivity index (χ1v) is 17.0. The predicted molar refractivity (Wildman–Crippen MR) is 186 cm³/mol. The number of carbonyl (C=O) groups is 1. The maximum atomic E-state index is 13.2. The summed E-state index contributed by atoms with van der Waals surface area (Å²) in [6.07, 6.45) is 2.71. The van der Waals surface area contributed by atoms with E-state index in [4.69, 9.17) is 19.4 Å². The Kier molecular flexibility index (Phi) is 9.04. The van der Waals surface area contributed by atoms with Crippen LogP contribution < -0.4 is 19.9 Å². The van der Waals surface area contributed by atoms with Crippen molar-refractivity contribution < 1.29 is 14.3 Å². The van der Waals surface area contributed by atoms with E-state index >= 15 is 0 Å². The molecule has 3 aliphatic rings. The van der Waals surface area contributed by atoms with Gasteiger partial charge in [0.1, 0.15) is 19.0 Å². The first-order valence-electron chi connectivity index (χ1n) is 17.0. The summed E-state index contributed by atoms with van der Waals surface area (Å²) in [7, 11) is 0. The summed E-state index contributed by atoms with van der Waals surface area (Å²) in [5, 5.41) is 15.8. The number of piperazine rings is 1. The van der Waals surface area contributed by atoms with Gasteiger partial charge in [-0.1, -0.05) is 66.7 Å². The number of benzene rings is 3. The molecule has 4 aromatic rings. The number of nitrogens with zero attached hydrogens (tertiary/aromatic N) is 6. The third-order valence-electron chi connectivity index (χ3n) is 9.81. The second-order valence-electron chi connectivity index (χ2n) is 13.7. The lowest BCUT2D eigenvalue weighted by molar-refractivity contribution is 0.0767. The Morgan fingerprint density at radius 3 is 2.62 bits per heavy atom. The second-order valence-corrected chi connectivity index (χ2v) is 13.7. The lowest BCUT2D eigenvalue weighted by atomic mass is 10.0. The molecule has 1 aromatic heterocycles. The van der Waals surface area contributed by atoms with Gasteiger partial charge in [0.25, 0.3) is 0 Å². The zero-order valence-electron chi connectivity index (χ0n) is 27.8. The van der Waals surface area contributed by atoms with E-state index in [9.17, 15) is 10.1 Å². The highest BCUT2D eigenvalue weighted by Gasteiger charge is 2.35. The van der Waals surface area contributed by atoms with E-state index in [1.54, 1.807) is 4.90 Å². The van der Waals surface area contributed by atoms with Gasteiger partial charge in [0.05, 0.1) is 30.8 Å². The Labute approximate surface area is 282 Å². The first-order chi connectivity index (χ1) is 23.4. The molecular weight excluding hydrogens is 602 g/mol. The quantitative estimate of drug-likeness (QED) is 0.253. The zero-order valence-corrected chi connectivity index (χ0v) is 27.8. The number of nitriles is 1. The van der Waals surface area contributed by atoms with E-state index in [2.05, 4.69) is 77.5 Å². The molecule has 0 aliphatic carbocycles. The van der Waals surface area contributed by atoms with Crippen LogP contribution in [-0.4, -0.2) is 71.4 Å². The van der Waals surface area contributed by atoms with Crippen LogP contribution in [0.2, 0.25) is 0 Å². The molecule has 2 atom stereocenters. The summed E-state index contributed by atoms with van der Waals surface area (Å²) in [5.41, 5.74) is 4.27. The molecule has 48 heavy (non-hydrogen) atoms. The van der Waals surface area contributed by atoms with E-state index in [1.165, 1.54) is 16.5 Å². The zero-order chi connectivity index (χ0) is 33.1. The van der Waals surface area contributed by atoms with Gasteiger partial charge in [-0.2, -0.15) is 15.2 Å². The number of ether oxygens (including phenoxy) is 2. The smallest absolute Gasteiger partial charge is 0.410 e. The molecule has 0 bridgehead atoms. The van der Waals surface area contributed by atoms with Crippen LogP contribution in [0.5, 0.6) is 6.01 Å². The number of aromatic nitrogens is 2. The minimum atomic E-state index is -0.398. The van der Waals surface area contributed by atoms with Crippen molar-refractivity contribution >= 4 is 28.4 Å². The van der Waals surface area contributed by atoms with E-state index < -0.39 is 6.09 Å². The van der Waals surface area contributed by atoms with Gasteiger partial charge in [-0.15, -0.1) is 0 Å². The Bertz CT molecular complexity index is 1800. The predicted octanol–water partition coefficient (Wildman–Crippen LogP) is 5.84. The summed E-state index contributed by atoms with van der Waals surface area (Å²) >= 11 is 0. The molecule has 1 amide bonds. The van der Waals surface area contributed by atoms with Crippen molar-refractivity contribution in [2.24, 2.45) is 0 Å². The standard InChI is InChI=1S/C38H43N7O3/c1-38(2)18-15-29(42-38)26-47-36-40-33-24-43(34-14-8-12-28-11-6-7-13-31(28)34)20-17-32(33)35(41-36)44-21-22-45(30(23-44)16-19-39)37(46)48-25-27-9-4-3-5-10-27/h3-14,29-30,42H,15-18,20-26H2,1-2H3/t29-,30?/m0/s1. The number of nitrogens with one attached hydrogen (secondary N) is 1. The number of rotatable bonds is 8. The Morgan fingerprint density at radius 2 is 1.81 bits per heavy atom.